The third-order valence-corrected chi connectivity index (χ3v) is 4.34. The van der Waals surface area contributed by atoms with Crippen LogP contribution in [0.15, 0.2) is 0 Å². The maximum absolute atomic E-state index is 12.0. The van der Waals surface area contributed by atoms with Gasteiger partial charge in [0.25, 0.3) is 0 Å². The molecule has 0 aliphatic heterocycles. The molecule has 1 atom stereocenters. The first-order valence-electron chi connectivity index (χ1n) is 8.05. The summed E-state index contributed by atoms with van der Waals surface area (Å²) in [6.07, 6.45) is 2.06. The van der Waals surface area contributed by atoms with E-state index < -0.39 is 0 Å². The maximum Gasteiger partial charge on any atom is 0.242 e. The van der Waals surface area contributed by atoms with Crippen LogP contribution < -0.4 is 10.1 Å². The van der Waals surface area contributed by atoms with E-state index in [0.717, 1.165) is 34.3 Å². The van der Waals surface area contributed by atoms with Crippen molar-refractivity contribution in [2.45, 2.75) is 53.0 Å². The normalized spacial score (nSPS) is 12.4. The van der Waals surface area contributed by atoms with E-state index in [-0.39, 0.29) is 11.9 Å². The Balaban J connectivity index is 2.29. The number of amides is 1. The summed E-state index contributed by atoms with van der Waals surface area (Å²) in [4.78, 5) is 16.7. The lowest BCUT2D eigenvalue weighted by molar-refractivity contribution is -0.121. The molecule has 0 aromatic carbocycles. The molecular formula is C17H26N4O2. The Morgan fingerprint density at radius 2 is 2.09 bits per heavy atom. The average Bonchev–Trinajstić information content (AvgIpc) is 2.83. The molecule has 2 aromatic heterocycles. The number of fused-ring (bicyclic) bond motifs is 1. The Labute approximate surface area is 137 Å². The molecule has 23 heavy (non-hydrogen) atoms. The minimum Gasteiger partial charge on any atom is -0.479 e. The molecular weight excluding hydrogens is 292 g/mol. The fourth-order valence-corrected chi connectivity index (χ4v) is 2.79. The Morgan fingerprint density at radius 1 is 1.39 bits per heavy atom. The molecule has 0 fully saturated rings. The van der Waals surface area contributed by atoms with Gasteiger partial charge in [-0.3, -0.25) is 4.79 Å². The first-order valence-corrected chi connectivity index (χ1v) is 8.05. The summed E-state index contributed by atoms with van der Waals surface area (Å²) in [5.41, 5.74) is 3.94. The van der Waals surface area contributed by atoms with Gasteiger partial charge in [-0.2, -0.15) is 0 Å². The smallest absolute Gasteiger partial charge is 0.242 e. The Kier molecular flexibility index (Phi) is 5.23. The van der Waals surface area contributed by atoms with Crippen molar-refractivity contribution in [3.63, 3.8) is 0 Å². The highest BCUT2D eigenvalue weighted by atomic mass is 16.5. The van der Waals surface area contributed by atoms with Gasteiger partial charge in [-0.05, 0) is 44.7 Å². The van der Waals surface area contributed by atoms with E-state index in [1.54, 1.807) is 11.8 Å². The number of methoxy groups -OCH3 is 1. The number of ether oxygens (including phenoxy) is 1. The Hall–Kier alpha value is -2.11. The molecule has 2 aromatic rings. The van der Waals surface area contributed by atoms with Crippen LogP contribution in [0, 0.1) is 13.8 Å². The van der Waals surface area contributed by atoms with Gasteiger partial charge >= 0.3 is 0 Å². The molecule has 6 nitrogen and oxygen atoms in total. The van der Waals surface area contributed by atoms with Gasteiger partial charge < -0.3 is 10.1 Å². The lowest BCUT2D eigenvalue weighted by atomic mass is 10.00. The van der Waals surface area contributed by atoms with Gasteiger partial charge in [-0.15, -0.1) is 5.10 Å². The van der Waals surface area contributed by atoms with E-state index in [2.05, 4.69) is 22.3 Å². The zero-order valence-corrected chi connectivity index (χ0v) is 14.9. The van der Waals surface area contributed by atoms with Gasteiger partial charge in [0.15, 0.2) is 5.65 Å². The van der Waals surface area contributed by atoms with Gasteiger partial charge in [0, 0.05) is 25.2 Å². The second kappa shape index (κ2) is 6.98. The molecule has 2 rings (SSSR count). The van der Waals surface area contributed by atoms with Gasteiger partial charge in [0.2, 0.25) is 11.8 Å². The molecule has 1 N–H and O–H groups in total. The topological polar surface area (TPSA) is 69.0 Å². The molecule has 1 amide bonds. The highest BCUT2D eigenvalue weighted by molar-refractivity contribution is 5.86. The summed E-state index contributed by atoms with van der Waals surface area (Å²) in [5.74, 6) is 0.661. The first-order chi connectivity index (χ1) is 10.9. The van der Waals surface area contributed by atoms with Crippen molar-refractivity contribution in [3.05, 3.63) is 16.8 Å². The van der Waals surface area contributed by atoms with Crippen molar-refractivity contribution < 1.29 is 9.53 Å². The summed E-state index contributed by atoms with van der Waals surface area (Å²) in [6.45, 7) is 8.10. The van der Waals surface area contributed by atoms with Crippen LogP contribution in [-0.4, -0.2) is 33.8 Å². The monoisotopic (exact) mass is 318 g/mol. The van der Waals surface area contributed by atoms with Gasteiger partial charge in [-0.1, -0.05) is 6.92 Å². The van der Waals surface area contributed by atoms with Crippen LogP contribution in [-0.2, 0) is 18.3 Å². The quantitative estimate of drug-likeness (QED) is 0.888. The van der Waals surface area contributed by atoms with E-state index in [9.17, 15) is 4.79 Å². The fraction of sp³-hybridized carbons (Fsp3) is 0.588. The molecule has 0 bridgehead atoms. The minimum absolute atomic E-state index is 0.0800. The van der Waals surface area contributed by atoms with Gasteiger partial charge in [0.05, 0.1) is 12.5 Å². The molecule has 0 saturated heterocycles. The summed E-state index contributed by atoms with van der Waals surface area (Å²) in [6, 6.07) is 0.212. The number of hydrogen-bond acceptors (Lipinski definition) is 4. The Bertz CT molecular complexity index is 721. The number of pyridine rings is 1. The largest absolute Gasteiger partial charge is 0.479 e. The van der Waals surface area contributed by atoms with Crippen LogP contribution >= 0.6 is 0 Å². The number of carbonyl (C=O) groups excluding carboxylic acids is 1. The minimum atomic E-state index is 0.0800. The zero-order valence-electron chi connectivity index (χ0n) is 14.9. The summed E-state index contributed by atoms with van der Waals surface area (Å²) in [7, 11) is 3.47. The van der Waals surface area contributed by atoms with Crippen molar-refractivity contribution in [1.82, 2.24) is 20.1 Å². The summed E-state index contributed by atoms with van der Waals surface area (Å²) < 4.78 is 7.10. The van der Waals surface area contributed by atoms with Crippen LogP contribution in [0.2, 0.25) is 0 Å². The predicted molar refractivity (Wildman–Crippen MR) is 90.8 cm³/mol. The highest BCUT2D eigenvalue weighted by Crippen LogP contribution is 2.30. The van der Waals surface area contributed by atoms with Crippen molar-refractivity contribution in [1.29, 1.82) is 0 Å². The predicted octanol–water partition coefficient (Wildman–Crippen LogP) is 2.44. The van der Waals surface area contributed by atoms with Crippen molar-refractivity contribution in [2.24, 2.45) is 7.05 Å². The van der Waals surface area contributed by atoms with Crippen LogP contribution in [0.5, 0.6) is 5.88 Å². The van der Waals surface area contributed by atoms with Crippen molar-refractivity contribution in [2.75, 3.05) is 7.11 Å². The van der Waals surface area contributed by atoms with E-state index in [1.807, 2.05) is 27.8 Å². The zero-order chi connectivity index (χ0) is 17.1. The number of rotatable bonds is 6. The third-order valence-electron chi connectivity index (χ3n) is 4.34. The van der Waals surface area contributed by atoms with Gasteiger partial charge in [-0.25, -0.2) is 9.67 Å². The first kappa shape index (κ1) is 17.2. The molecule has 0 radical (unpaired) electrons. The molecule has 6 heteroatoms. The summed E-state index contributed by atoms with van der Waals surface area (Å²) in [5, 5.41) is 8.28. The van der Waals surface area contributed by atoms with E-state index in [4.69, 9.17) is 4.74 Å². The molecule has 1 unspecified atom stereocenters. The number of carbonyl (C=O) groups is 1. The highest BCUT2D eigenvalue weighted by Gasteiger charge is 2.18. The molecule has 0 aliphatic rings. The van der Waals surface area contributed by atoms with Crippen molar-refractivity contribution >= 4 is 16.9 Å². The van der Waals surface area contributed by atoms with E-state index >= 15 is 0 Å². The molecule has 126 valence electrons. The number of hydrogen-bond donors (Lipinski definition) is 1. The fourth-order valence-electron chi connectivity index (χ4n) is 2.79. The van der Waals surface area contributed by atoms with Crippen LogP contribution in [0.4, 0.5) is 0 Å². The van der Waals surface area contributed by atoms with Gasteiger partial charge in [0.1, 0.15) is 0 Å². The second-order valence-electron chi connectivity index (χ2n) is 6.01. The maximum atomic E-state index is 12.0. The molecule has 0 aliphatic carbocycles. The lowest BCUT2D eigenvalue weighted by Gasteiger charge is -2.13. The lowest BCUT2D eigenvalue weighted by Crippen LogP contribution is -2.32. The van der Waals surface area contributed by atoms with Crippen LogP contribution in [0.25, 0.3) is 11.0 Å². The second-order valence-corrected chi connectivity index (χ2v) is 6.01. The number of nitrogens with one attached hydrogen (secondary N) is 1. The molecule has 0 spiro atoms. The number of aromatic nitrogens is 3. The third kappa shape index (κ3) is 3.46. The number of aryl methyl sites for hydroxylation is 3. The van der Waals surface area contributed by atoms with Crippen LogP contribution in [0.3, 0.4) is 0 Å². The van der Waals surface area contributed by atoms with Crippen molar-refractivity contribution in [3.8, 4) is 5.88 Å². The number of nitrogens with zero attached hydrogens (tertiary/aromatic N) is 3. The Morgan fingerprint density at radius 3 is 2.70 bits per heavy atom. The average molecular weight is 318 g/mol. The standard InChI is InChI=1S/C17H26N4O2/c1-7-10(2)18-14(22)9-8-13-11(3)15-16(19-12(13)4)21(5)20-17(15)23-6/h10H,7-9H2,1-6H3,(H,18,22). The van der Waals surface area contributed by atoms with Crippen LogP contribution in [0.1, 0.15) is 43.5 Å². The van der Waals surface area contributed by atoms with E-state index in [0.29, 0.717) is 18.7 Å². The SMILES string of the molecule is CCC(C)NC(=O)CCc1c(C)nc2c(c(OC)nn2C)c1C. The molecule has 2 heterocycles. The van der Waals surface area contributed by atoms with E-state index in [1.165, 1.54) is 0 Å². The summed E-state index contributed by atoms with van der Waals surface area (Å²) >= 11 is 0. The molecule has 0 saturated carbocycles.